The number of carboxylic acids is 5. The van der Waals surface area contributed by atoms with Gasteiger partial charge in [-0.05, 0) is 32.1 Å². The van der Waals surface area contributed by atoms with Gasteiger partial charge in [0.1, 0.15) is 42.7 Å². The molecule has 0 heterocycles. The van der Waals surface area contributed by atoms with E-state index in [1.165, 1.54) is 96.3 Å². The molecule has 0 saturated carbocycles. The normalized spacial score (nSPS) is 9.84. The number of aliphatic hydroxyl groups excluding tert-OH is 21. The van der Waals surface area contributed by atoms with Gasteiger partial charge in [0.05, 0.1) is 92.5 Å². The third kappa shape index (κ3) is 179. The van der Waals surface area contributed by atoms with Gasteiger partial charge < -0.3 is 133 Å². The molecule has 0 bridgehead atoms. The van der Waals surface area contributed by atoms with Crippen molar-refractivity contribution < 1.29 is 157 Å². The summed E-state index contributed by atoms with van der Waals surface area (Å²) in [5.41, 5.74) is 0. The summed E-state index contributed by atoms with van der Waals surface area (Å²) in [6.07, 6.45) is 22.7. The van der Waals surface area contributed by atoms with Crippen LogP contribution in [-0.2, 0) is 24.0 Å². The van der Waals surface area contributed by atoms with Crippen molar-refractivity contribution in [3.8, 4) is 0 Å². The first-order chi connectivity index (χ1) is 43.5. The molecule has 0 atom stereocenters. The fourth-order valence-electron chi connectivity index (χ4n) is 4.80. The molecule has 0 aliphatic carbocycles. The average Bonchev–Trinajstić information content (AvgIpc) is 3.56. The second kappa shape index (κ2) is 112. The van der Waals surface area contributed by atoms with Gasteiger partial charge in [-0.2, -0.15) is 0 Å². The van der Waals surface area contributed by atoms with Gasteiger partial charge in [-0.15, -0.1) is 0 Å². The number of rotatable bonds is 44. The second-order valence-electron chi connectivity index (χ2n) is 19.9. The Bertz CT molecular complexity index is 1050. The lowest BCUT2D eigenvalue weighted by molar-refractivity contribution is -0.138. The summed E-state index contributed by atoms with van der Waals surface area (Å²) in [5.74, 6) is -3.35. The molecule has 31 heteroatoms. The average molecular weight is 1370 g/mol. The lowest BCUT2D eigenvalue weighted by atomic mass is 10.1. The molecule has 0 aliphatic rings. The Morgan fingerprint density at radius 1 is 0.185 bits per heavy atom. The predicted molar refractivity (Wildman–Crippen MR) is 346 cm³/mol. The van der Waals surface area contributed by atoms with Gasteiger partial charge in [0.25, 0.3) is 0 Å². The molecular formula is C61H136O31. The minimum absolute atomic E-state index is 0.337. The van der Waals surface area contributed by atoms with Gasteiger partial charge in [-0.1, -0.05) is 163 Å². The number of carbonyl (C=O) groups is 5. The molecule has 0 aromatic heterocycles. The Balaban J connectivity index is -0.0000000765. The minimum atomic E-state index is -0.954. The van der Waals surface area contributed by atoms with Crippen LogP contribution < -0.4 is 0 Å². The summed E-state index contributed by atoms with van der Waals surface area (Å²) >= 11 is 0. The lowest BCUT2D eigenvalue weighted by Crippen LogP contribution is -2.15. The molecular weight excluding hydrogens is 1230 g/mol. The van der Waals surface area contributed by atoms with E-state index in [2.05, 4.69) is 34.6 Å². The van der Waals surface area contributed by atoms with E-state index in [0.717, 1.165) is 64.2 Å². The summed E-state index contributed by atoms with van der Waals surface area (Å²) in [7, 11) is 0. The standard InChI is InChI=1S/5C8H16O2.7C3H8O3/c5*1-2-3-4-5-6-7-8(9)10;7*4-1-3(6)2-5/h5*2-7H2,1H3,(H,9,10);7*3-6H,1-2H2. The summed E-state index contributed by atoms with van der Waals surface area (Å²) < 4.78 is 0. The lowest BCUT2D eigenvalue weighted by Gasteiger charge is -1.96. The quantitative estimate of drug-likeness (QED) is 0.0369. The van der Waals surface area contributed by atoms with Crippen LogP contribution in [0.1, 0.15) is 227 Å². The fourth-order valence-corrected chi connectivity index (χ4v) is 4.80. The van der Waals surface area contributed by atoms with Crippen molar-refractivity contribution in [1.29, 1.82) is 0 Å². The van der Waals surface area contributed by atoms with Crippen molar-refractivity contribution in [2.24, 2.45) is 0 Å². The van der Waals surface area contributed by atoms with Gasteiger partial charge in [0.15, 0.2) is 0 Å². The predicted octanol–water partition coefficient (Wildman–Crippen LogP) is 0.481. The number of unbranched alkanes of at least 4 members (excludes halogenated alkanes) is 20. The number of aliphatic carboxylic acids is 5. The molecule has 0 radical (unpaired) electrons. The number of hydrogen-bond acceptors (Lipinski definition) is 26. The number of hydrogen-bond donors (Lipinski definition) is 26. The van der Waals surface area contributed by atoms with Gasteiger partial charge >= 0.3 is 29.8 Å². The maximum absolute atomic E-state index is 10.0. The van der Waals surface area contributed by atoms with E-state index in [0.29, 0.717) is 32.1 Å². The Morgan fingerprint density at radius 2 is 0.272 bits per heavy atom. The molecule has 0 spiro atoms. The monoisotopic (exact) mass is 1360 g/mol. The number of carboxylic acid groups (broad SMARTS) is 5. The highest BCUT2D eigenvalue weighted by molar-refractivity contribution is 5.67. The Hall–Kier alpha value is -3.49. The van der Waals surface area contributed by atoms with E-state index >= 15 is 0 Å². The second-order valence-corrected chi connectivity index (χ2v) is 19.9. The Kier molecular flexibility index (Phi) is 141. The van der Waals surface area contributed by atoms with Crippen LogP contribution in [0.5, 0.6) is 0 Å². The first-order valence-electron chi connectivity index (χ1n) is 31.9. The Labute approximate surface area is 547 Å². The molecule has 26 N–H and O–H groups in total. The van der Waals surface area contributed by atoms with Crippen LogP contribution in [0.15, 0.2) is 0 Å². The van der Waals surface area contributed by atoms with Crippen molar-refractivity contribution in [1.82, 2.24) is 0 Å². The smallest absolute Gasteiger partial charge is 0.303 e. The van der Waals surface area contributed by atoms with Gasteiger partial charge in [0.2, 0.25) is 0 Å². The molecule has 0 fully saturated rings. The molecule has 0 aromatic carbocycles. The van der Waals surface area contributed by atoms with E-state index < -0.39 is 72.6 Å². The highest BCUT2D eigenvalue weighted by atomic mass is 16.4. The molecule has 0 unspecified atom stereocenters. The van der Waals surface area contributed by atoms with Crippen LogP contribution in [0, 0.1) is 0 Å². The van der Waals surface area contributed by atoms with Crippen molar-refractivity contribution in [2.45, 2.75) is 270 Å². The van der Waals surface area contributed by atoms with E-state index in [-0.39, 0.29) is 92.5 Å². The van der Waals surface area contributed by atoms with E-state index in [1.54, 1.807) is 0 Å². The summed E-state index contributed by atoms with van der Waals surface area (Å²) in [5, 5.41) is 209. The van der Waals surface area contributed by atoms with Crippen LogP contribution in [0.2, 0.25) is 0 Å². The van der Waals surface area contributed by atoms with Crippen LogP contribution in [0.3, 0.4) is 0 Å². The van der Waals surface area contributed by atoms with Crippen molar-refractivity contribution >= 4 is 29.8 Å². The van der Waals surface area contributed by atoms with Crippen LogP contribution in [0.25, 0.3) is 0 Å². The molecule has 0 aliphatic heterocycles. The zero-order valence-electron chi connectivity index (χ0n) is 56.3. The van der Waals surface area contributed by atoms with Gasteiger partial charge in [-0.3, -0.25) is 24.0 Å². The minimum Gasteiger partial charge on any atom is -0.481 e. The Morgan fingerprint density at radius 3 is 0.326 bits per heavy atom. The molecule has 0 aromatic rings. The molecule has 0 rings (SSSR count). The first-order valence-corrected chi connectivity index (χ1v) is 31.9. The third-order valence-corrected chi connectivity index (χ3v) is 10.4. The zero-order chi connectivity index (χ0) is 74.0. The van der Waals surface area contributed by atoms with Crippen LogP contribution in [0.4, 0.5) is 0 Å². The summed E-state index contributed by atoms with van der Waals surface area (Å²) in [6.45, 7) is 5.65. The number of aliphatic hydroxyl groups is 21. The largest absolute Gasteiger partial charge is 0.481 e. The highest BCUT2D eigenvalue weighted by Gasteiger charge is 2.01. The van der Waals surface area contributed by atoms with Crippen molar-refractivity contribution in [3.63, 3.8) is 0 Å². The SMILES string of the molecule is CCCCCCCC(=O)O.CCCCCCCC(=O)O.CCCCCCCC(=O)O.CCCCCCCC(=O)O.CCCCCCCC(=O)O.OCC(O)CO.OCC(O)CO.OCC(O)CO.OCC(O)CO.OCC(O)CO.OCC(O)CO.OCC(O)CO. The van der Waals surface area contributed by atoms with Crippen molar-refractivity contribution in [2.75, 3.05) is 92.5 Å². The zero-order valence-corrected chi connectivity index (χ0v) is 56.3. The third-order valence-electron chi connectivity index (χ3n) is 10.4. The first kappa shape index (κ1) is 116. The van der Waals surface area contributed by atoms with E-state index in [1.807, 2.05) is 0 Å². The maximum atomic E-state index is 10.0. The molecule has 0 amide bonds. The van der Waals surface area contributed by atoms with Crippen LogP contribution >= 0.6 is 0 Å². The van der Waals surface area contributed by atoms with E-state index in [4.69, 9.17) is 133 Å². The maximum Gasteiger partial charge on any atom is 0.303 e. The summed E-state index contributed by atoms with van der Waals surface area (Å²) in [6, 6.07) is 0. The fraction of sp³-hybridized carbons (Fsp3) is 0.918. The van der Waals surface area contributed by atoms with Crippen LogP contribution in [-0.4, -0.2) is 298 Å². The topological polar surface area (TPSA) is 611 Å². The summed E-state index contributed by atoms with van der Waals surface area (Å²) in [4.78, 5) is 50.2. The molecule has 566 valence electrons. The van der Waals surface area contributed by atoms with Gasteiger partial charge in [0, 0.05) is 32.1 Å². The van der Waals surface area contributed by atoms with Crippen molar-refractivity contribution in [3.05, 3.63) is 0 Å². The highest BCUT2D eigenvalue weighted by Crippen LogP contribution is 2.07. The molecule has 31 nitrogen and oxygen atoms in total. The van der Waals surface area contributed by atoms with Gasteiger partial charge in [-0.25, -0.2) is 0 Å². The molecule has 92 heavy (non-hydrogen) atoms. The molecule has 0 saturated heterocycles. The van der Waals surface area contributed by atoms with E-state index in [9.17, 15) is 24.0 Å².